The zero-order valence-electron chi connectivity index (χ0n) is 22.1. The van der Waals surface area contributed by atoms with Crippen LogP contribution in [0.4, 0.5) is 0 Å². The number of amides is 2. The van der Waals surface area contributed by atoms with E-state index in [2.05, 4.69) is 27.0 Å². The van der Waals surface area contributed by atoms with Gasteiger partial charge < -0.3 is 29.7 Å². The van der Waals surface area contributed by atoms with Crippen molar-refractivity contribution in [1.82, 2.24) is 25.0 Å². The van der Waals surface area contributed by atoms with Crippen molar-refractivity contribution in [3.8, 4) is 0 Å². The number of nitrogens with zero attached hydrogens (tertiary/aromatic N) is 3. The number of ether oxygens (including phenoxy) is 1. The van der Waals surface area contributed by atoms with Crippen LogP contribution < -0.4 is 5.32 Å². The molecule has 2 aliphatic heterocycles. The number of nitrogens with one attached hydrogen (secondary N) is 2. The van der Waals surface area contributed by atoms with E-state index in [-0.39, 0.29) is 23.8 Å². The highest BCUT2D eigenvalue weighted by Gasteiger charge is 2.32. The summed E-state index contributed by atoms with van der Waals surface area (Å²) in [6.45, 7) is 17.5. The molecule has 1 atom stereocenters. The van der Waals surface area contributed by atoms with Crippen molar-refractivity contribution in [3.05, 3.63) is 22.5 Å². The summed E-state index contributed by atoms with van der Waals surface area (Å²) in [5.74, 6) is -0.771. The van der Waals surface area contributed by atoms with Gasteiger partial charge in [0.15, 0.2) is 0 Å². The van der Waals surface area contributed by atoms with Crippen LogP contribution >= 0.6 is 0 Å². The van der Waals surface area contributed by atoms with Crippen LogP contribution in [0.5, 0.6) is 0 Å². The van der Waals surface area contributed by atoms with Gasteiger partial charge in [0, 0.05) is 51.5 Å². The van der Waals surface area contributed by atoms with Crippen LogP contribution in [0.2, 0.25) is 0 Å². The van der Waals surface area contributed by atoms with Gasteiger partial charge in [-0.2, -0.15) is 0 Å². The van der Waals surface area contributed by atoms with E-state index in [0.29, 0.717) is 42.1 Å². The van der Waals surface area contributed by atoms with Gasteiger partial charge in [-0.1, -0.05) is 6.92 Å². The zero-order valence-corrected chi connectivity index (χ0v) is 22.1. The molecule has 196 valence electrons. The summed E-state index contributed by atoms with van der Waals surface area (Å²) >= 11 is 0. The average Bonchev–Trinajstić information content (AvgIpc) is 3.14. The van der Waals surface area contributed by atoms with Crippen LogP contribution in [0.1, 0.15) is 72.1 Å². The standard InChI is InChI=1S/C26H43N5O4/c1-6-29-13-15-30(16-14-29)11-8-10-27-24(32)21-9-7-12-31(17-21)25(33)23-19(4)22(20(5)28-23)26(34)35-18(2)3/h18,21,28H,6-17H2,1-5H3,(H,27,32). The Labute approximate surface area is 209 Å². The van der Waals surface area contributed by atoms with Crippen LogP contribution in [0.15, 0.2) is 0 Å². The number of rotatable bonds is 9. The lowest BCUT2D eigenvalue weighted by Gasteiger charge is -2.34. The van der Waals surface area contributed by atoms with Crippen molar-refractivity contribution in [3.63, 3.8) is 0 Å². The predicted molar refractivity (Wildman–Crippen MR) is 136 cm³/mol. The molecule has 3 heterocycles. The summed E-state index contributed by atoms with van der Waals surface area (Å²) < 4.78 is 5.34. The molecule has 3 rings (SSSR count). The Bertz CT molecular complexity index is 889. The summed E-state index contributed by atoms with van der Waals surface area (Å²) in [4.78, 5) is 48.3. The number of hydrogen-bond acceptors (Lipinski definition) is 6. The van der Waals surface area contributed by atoms with Gasteiger partial charge in [0.1, 0.15) is 5.69 Å². The first-order valence-electron chi connectivity index (χ1n) is 13.1. The molecule has 2 aliphatic rings. The van der Waals surface area contributed by atoms with Gasteiger partial charge >= 0.3 is 5.97 Å². The lowest BCUT2D eigenvalue weighted by molar-refractivity contribution is -0.126. The summed E-state index contributed by atoms with van der Waals surface area (Å²) in [7, 11) is 0. The van der Waals surface area contributed by atoms with Crippen LogP contribution in [0.3, 0.4) is 0 Å². The highest BCUT2D eigenvalue weighted by Crippen LogP contribution is 2.24. The zero-order chi connectivity index (χ0) is 25.5. The number of carbonyl (C=O) groups excluding carboxylic acids is 3. The summed E-state index contributed by atoms with van der Waals surface area (Å²) in [6, 6.07) is 0. The monoisotopic (exact) mass is 489 g/mol. The van der Waals surface area contributed by atoms with E-state index >= 15 is 0 Å². The Hall–Kier alpha value is -2.39. The number of esters is 1. The maximum Gasteiger partial charge on any atom is 0.340 e. The second-order valence-electron chi connectivity index (χ2n) is 10.1. The van der Waals surface area contributed by atoms with E-state index in [9.17, 15) is 14.4 Å². The summed E-state index contributed by atoms with van der Waals surface area (Å²) in [5, 5.41) is 3.09. The first-order chi connectivity index (χ1) is 16.7. The first-order valence-corrected chi connectivity index (χ1v) is 13.1. The predicted octanol–water partition coefficient (Wildman–Crippen LogP) is 2.19. The number of piperazine rings is 1. The topological polar surface area (TPSA) is 98.0 Å². The maximum atomic E-state index is 13.3. The largest absolute Gasteiger partial charge is 0.459 e. The fraction of sp³-hybridized carbons (Fsp3) is 0.731. The van der Waals surface area contributed by atoms with Crippen LogP contribution in [0.25, 0.3) is 0 Å². The maximum absolute atomic E-state index is 13.3. The second-order valence-corrected chi connectivity index (χ2v) is 10.1. The Kier molecular flexibility index (Phi) is 9.74. The SMILES string of the molecule is CCN1CCN(CCCNC(=O)C2CCCN(C(=O)c3[nH]c(C)c(C(=O)OC(C)C)c3C)C2)CC1. The number of aromatic amines is 1. The van der Waals surface area contributed by atoms with Gasteiger partial charge in [0.2, 0.25) is 5.91 Å². The smallest absolute Gasteiger partial charge is 0.340 e. The average molecular weight is 490 g/mol. The normalized spacial score (nSPS) is 19.7. The molecule has 0 spiro atoms. The first kappa shape index (κ1) is 27.2. The van der Waals surface area contributed by atoms with Gasteiger partial charge in [0.25, 0.3) is 5.91 Å². The molecule has 1 unspecified atom stereocenters. The van der Waals surface area contributed by atoms with Crippen molar-refractivity contribution < 1.29 is 19.1 Å². The minimum atomic E-state index is -0.423. The Morgan fingerprint density at radius 3 is 2.43 bits per heavy atom. The molecule has 2 amide bonds. The Morgan fingerprint density at radius 2 is 1.77 bits per heavy atom. The van der Waals surface area contributed by atoms with Gasteiger partial charge in [-0.25, -0.2) is 4.79 Å². The molecule has 0 aliphatic carbocycles. The third kappa shape index (κ3) is 7.07. The molecule has 9 nitrogen and oxygen atoms in total. The number of carbonyl (C=O) groups is 3. The van der Waals surface area contributed by atoms with E-state index in [4.69, 9.17) is 4.74 Å². The van der Waals surface area contributed by atoms with Crippen molar-refractivity contribution >= 4 is 17.8 Å². The van der Waals surface area contributed by atoms with Crippen molar-refractivity contribution in [2.24, 2.45) is 5.92 Å². The van der Waals surface area contributed by atoms with E-state index in [0.717, 1.165) is 58.5 Å². The van der Waals surface area contributed by atoms with Gasteiger partial charge in [-0.05, 0) is 65.6 Å². The molecule has 1 aromatic rings. The number of hydrogen-bond donors (Lipinski definition) is 2. The highest BCUT2D eigenvalue weighted by atomic mass is 16.5. The van der Waals surface area contributed by atoms with Gasteiger partial charge in [0.05, 0.1) is 17.6 Å². The minimum absolute atomic E-state index is 0.0268. The molecule has 0 saturated carbocycles. The second kappa shape index (κ2) is 12.5. The number of H-pyrrole nitrogens is 1. The lowest BCUT2D eigenvalue weighted by atomic mass is 9.96. The van der Waals surface area contributed by atoms with Crippen molar-refractivity contribution in [2.45, 2.75) is 60.0 Å². The molecular formula is C26H43N5O4. The molecule has 0 bridgehead atoms. The van der Waals surface area contributed by atoms with Crippen LogP contribution in [0, 0.1) is 19.8 Å². The Morgan fingerprint density at radius 1 is 1.09 bits per heavy atom. The molecule has 1 aromatic heterocycles. The van der Waals surface area contributed by atoms with Crippen molar-refractivity contribution in [1.29, 1.82) is 0 Å². The van der Waals surface area contributed by atoms with Crippen LogP contribution in [-0.2, 0) is 9.53 Å². The van der Waals surface area contributed by atoms with E-state index in [1.165, 1.54) is 0 Å². The van der Waals surface area contributed by atoms with Gasteiger partial charge in [-0.15, -0.1) is 0 Å². The molecule has 0 aromatic carbocycles. The van der Waals surface area contributed by atoms with E-state index < -0.39 is 5.97 Å². The summed E-state index contributed by atoms with van der Waals surface area (Å²) in [6.07, 6.45) is 2.27. The quantitative estimate of drug-likeness (QED) is 0.408. The molecule has 0 radical (unpaired) electrons. The minimum Gasteiger partial charge on any atom is -0.459 e. The molecule has 35 heavy (non-hydrogen) atoms. The number of piperidine rings is 1. The van der Waals surface area contributed by atoms with Gasteiger partial charge in [-0.3, -0.25) is 9.59 Å². The van der Waals surface area contributed by atoms with E-state index in [1.54, 1.807) is 32.6 Å². The fourth-order valence-electron chi connectivity index (χ4n) is 5.06. The molecular weight excluding hydrogens is 446 g/mol. The van der Waals surface area contributed by atoms with E-state index in [1.807, 2.05) is 0 Å². The number of aromatic nitrogens is 1. The third-order valence-electron chi connectivity index (χ3n) is 7.14. The van der Waals surface area contributed by atoms with Crippen molar-refractivity contribution in [2.75, 3.05) is 58.9 Å². The molecule has 2 fully saturated rings. The number of aryl methyl sites for hydroxylation is 1. The third-order valence-corrected chi connectivity index (χ3v) is 7.14. The molecule has 2 saturated heterocycles. The molecule has 2 N–H and O–H groups in total. The fourth-order valence-corrected chi connectivity index (χ4v) is 5.06. The highest BCUT2D eigenvalue weighted by molar-refractivity contribution is 6.00. The molecule has 9 heteroatoms. The number of likely N-dealkylation sites (tertiary alicyclic amines) is 1. The lowest BCUT2D eigenvalue weighted by Crippen LogP contribution is -2.47. The Balaban J connectivity index is 1.49. The number of likely N-dealkylation sites (N-methyl/N-ethyl adjacent to an activating group) is 1. The van der Waals surface area contributed by atoms with Crippen LogP contribution in [-0.4, -0.2) is 102 Å². The summed E-state index contributed by atoms with van der Waals surface area (Å²) in [5.41, 5.74) is 2.05.